The van der Waals surface area contributed by atoms with Crippen LogP contribution in [0, 0.1) is 11.8 Å². The summed E-state index contributed by atoms with van der Waals surface area (Å²) >= 11 is 0. The summed E-state index contributed by atoms with van der Waals surface area (Å²) in [7, 11) is 3.84. The maximum Gasteiger partial charge on any atom is 0.307 e. The van der Waals surface area contributed by atoms with E-state index in [9.17, 15) is 9.59 Å². The molecule has 1 heterocycles. The van der Waals surface area contributed by atoms with E-state index in [1.54, 1.807) is 25.8 Å². The van der Waals surface area contributed by atoms with Gasteiger partial charge in [0.2, 0.25) is 5.91 Å². The highest BCUT2D eigenvalue weighted by molar-refractivity contribution is 5.84. The molecule has 1 saturated heterocycles. The van der Waals surface area contributed by atoms with Gasteiger partial charge >= 0.3 is 5.97 Å². The van der Waals surface area contributed by atoms with Crippen LogP contribution >= 0.6 is 0 Å². The number of carbonyl (C=O) groups is 2. The van der Waals surface area contributed by atoms with Gasteiger partial charge in [-0.2, -0.15) is 0 Å². The van der Waals surface area contributed by atoms with Gasteiger partial charge in [0.25, 0.3) is 0 Å². The number of amides is 1. The summed E-state index contributed by atoms with van der Waals surface area (Å²) in [6.07, 6.45) is 2.09. The fourth-order valence-corrected chi connectivity index (χ4v) is 2.38. The zero-order valence-electron chi connectivity index (χ0n) is 11.7. The minimum absolute atomic E-state index is 0.0646. The first-order chi connectivity index (χ1) is 8.34. The van der Waals surface area contributed by atoms with Gasteiger partial charge in [-0.1, -0.05) is 13.8 Å². The van der Waals surface area contributed by atoms with Gasteiger partial charge in [-0.25, -0.2) is 0 Å². The Labute approximate surface area is 109 Å². The van der Waals surface area contributed by atoms with Crippen LogP contribution in [-0.2, 0) is 9.59 Å². The molecule has 1 amide bonds. The fourth-order valence-electron chi connectivity index (χ4n) is 2.38. The Morgan fingerprint density at radius 3 is 2.44 bits per heavy atom. The second-order valence-corrected chi connectivity index (χ2v) is 5.42. The molecule has 1 aliphatic heterocycles. The van der Waals surface area contributed by atoms with E-state index in [0.29, 0.717) is 0 Å². The molecule has 3 atom stereocenters. The molecule has 0 aliphatic carbocycles. The van der Waals surface area contributed by atoms with Crippen LogP contribution in [0.3, 0.4) is 0 Å². The molecule has 5 heteroatoms. The Bertz CT molecular complexity index is 319. The zero-order valence-corrected chi connectivity index (χ0v) is 11.7. The van der Waals surface area contributed by atoms with Gasteiger partial charge in [-0.15, -0.1) is 0 Å². The first-order valence-electron chi connectivity index (χ1n) is 6.52. The van der Waals surface area contributed by atoms with E-state index in [2.05, 4.69) is 4.90 Å². The Balaban J connectivity index is 2.62. The molecule has 0 saturated carbocycles. The molecule has 5 nitrogen and oxygen atoms in total. The van der Waals surface area contributed by atoms with Crippen molar-refractivity contribution in [3.63, 3.8) is 0 Å². The third kappa shape index (κ3) is 3.45. The lowest BCUT2D eigenvalue weighted by molar-refractivity contribution is -0.149. The highest BCUT2D eigenvalue weighted by Crippen LogP contribution is 2.19. The van der Waals surface area contributed by atoms with Crippen molar-refractivity contribution >= 4 is 11.9 Å². The molecular weight excluding hydrogens is 232 g/mol. The molecular formula is C13H24N2O3. The van der Waals surface area contributed by atoms with Crippen molar-refractivity contribution in [1.29, 1.82) is 0 Å². The first kappa shape index (κ1) is 15.0. The molecule has 1 rings (SSSR count). The van der Waals surface area contributed by atoms with Crippen molar-refractivity contribution in [2.24, 2.45) is 11.8 Å². The van der Waals surface area contributed by atoms with Gasteiger partial charge in [0.15, 0.2) is 0 Å². The SMILES string of the molecule is CC(C(=O)O)C(C)C(=O)N(C)C1CCCN(C)C1. The van der Waals surface area contributed by atoms with Gasteiger partial charge in [0.05, 0.1) is 5.92 Å². The maximum absolute atomic E-state index is 12.2. The monoisotopic (exact) mass is 256 g/mol. The van der Waals surface area contributed by atoms with E-state index in [1.807, 2.05) is 7.05 Å². The van der Waals surface area contributed by atoms with Crippen LogP contribution in [0.2, 0.25) is 0 Å². The van der Waals surface area contributed by atoms with E-state index < -0.39 is 17.8 Å². The summed E-state index contributed by atoms with van der Waals surface area (Å²) in [5.74, 6) is -2.09. The molecule has 0 spiro atoms. The summed E-state index contributed by atoms with van der Waals surface area (Å²) in [6, 6.07) is 0.208. The molecule has 104 valence electrons. The van der Waals surface area contributed by atoms with Crippen molar-refractivity contribution in [2.45, 2.75) is 32.7 Å². The van der Waals surface area contributed by atoms with Crippen molar-refractivity contribution in [3.05, 3.63) is 0 Å². The number of piperidine rings is 1. The molecule has 3 unspecified atom stereocenters. The quantitative estimate of drug-likeness (QED) is 0.811. The van der Waals surface area contributed by atoms with Crippen LogP contribution in [0.15, 0.2) is 0 Å². The van der Waals surface area contributed by atoms with Crippen LogP contribution < -0.4 is 0 Å². The van der Waals surface area contributed by atoms with Gasteiger partial charge < -0.3 is 14.9 Å². The predicted octanol–water partition coefficient (Wildman–Crippen LogP) is 0.896. The van der Waals surface area contributed by atoms with E-state index in [1.165, 1.54) is 0 Å². The lowest BCUT2D eigenvalue weighted by Crippen LogP contribution is -2.49. The Morgan fingerprint density at radius 2 is 1.94 bits per heavy atom. The van der Waals surface area contributed by atoms with Crippen LogP contribution in [0.25, 0.3) is 0 Å². The summed E-state index contributed by atoms with van der Waals surface area (Å²) in [5, 5.41) is 8.96. The predicted molar refractivity (Wildman–Crippen MR) is 69.3 cm³/mol. The van der Waals surface area contributed by atoms with Crippen LogP contribution in [0.5, 0.6) is 0 Å². The number of rotatable bonds is 4. The van der Waals surface area contributed by atoms with Crippen molar-refractivity contribution < 1.29 is 14.7 Å². The van der Waals surface area contributed by atoms with Crippen LogP contribution in [0.1, 0.15) is 26.7 Å². The molecule has 1 N–H and O–H groups in total. The Morgan fingerprint density at radius 1 is 1.33 bits per heavy atom. The number of hydrogen-bond donors (Lipinski definition) is 1. The van der Waals surface area contributed by atoms with Gasteiger partial charge in [0, 0.05) is 25.6 Å². The Kier molecular flexibility index (Phi) is 5.14. The third-order valence-corrected chi connectivity index (χ3v) is 4.02. The second-order valence-electron chi connectivity index (χ2n) is 5.42. The van der Waals surface area contributed by atoms with Crippen LogP contribution in [-0.4, -0.2) is 60.0 Å². The van der Waals surface area contributed by atoms with E-state index >= 15 is 0 Å². The number of carbonyl (C=O) groups excluding carboxylic acids is 1. The average Bonchev–Trinajstić information content (AvgIpc) is 2.35. The average molecular weight is 256 g/mol. The number of nitrogens with zero attached hydrogens (tertiary/aromatic N) is 2. The molecule has 0 bridgehead atoms. The standard InChI is InChI=1S/C13H24N2O3/c1-9(10(2)13(17)18)12(16)15(4)11-6-5-7-14(3)8-11/h9-11H,5-8H2,1-4H3,(H,17,18). The number of carboxylic acid groups (broad SMARTS) is 1. The Hall–Kier alpha value is -1.10. The normalized spacial score (nSPS) is 24.3. The van der Waals surface area contributed by atoms with Crippen molar-refractivity contribution in [1.82, 2.24) is 9.80 Å². The highest BCUT2D eigenvalue weighted by Gasteiger charge is 2.32. The third-order valence-electron chi connectivity index (χ3n) is 4.02. The number of carboxylic acids is 1. The molecule has 1 fully saturated rings. The maximum atomic E-state index is 12.2. The lowest BCUT2D eigenvalue weighted by Gasteiger charge is -2.37. The minimum Gasteiger partial charge on any atom is -0.481 e. The molecule has 0 aromatic heterocycles. The van der Waals surface area contributed by atoms with Crippen molar-refractivity contribution in [3.8, 4) is 0 Å². The number of likely N-dealkylation sites (N-methyl/N-ethyl adjacent to an activating group) is 2. The summed E-state index contributed by atoms with van der Waals surface area (Å²) in [5.41, 5.74) is 0. The summed E-state index contributed by atoms with van der Waals surface area (Å²) in [6.45, 7) is 5.23. The minimum atomic E-state index is -0.912. The largest absolute Gasteiger partial charge is 0.481 e. The summed E-state index contributed by atoms with van der Waals surface area (Å²) in [4.78, 5) is 27.1. The number of hydrogen-bond acceptors (Lipinski definition) is 3. The highest BCUT2D eigenvalue weighted by atomic mass is 16.4. The van der Waals surface area contributed by atoms with E-state index in [4.69, 9.17) is 5.11 Å². The summed E-state index contributed by atoms with van der Waals surface area (Å²) < 4.78 is 0. The van der Waals surface area contributed by atoms with Crippen molar-refractivity contribution in [2.75, 3.05) is 27.2 Å². The fraction of sp³-hybridized carbons (Fsp3) is 0.846. The molecule has 1 aliphatic rings. The van der Waals surface area contributed by atoms with Crippen LogP contribution in [0.4, 0.5) is 0 Å². The van der Waals surface area contributed by atoms with E-state index in [-0.39, 0.29) is 11.9 Å². The molecule has 0 radical (unpaired) electrons. The molecule has 0 aromatic rings. The number of likely N-dealkylation sites (tertiary alicyclic amines) is 1. The van der Waals surface area contributed by atoms with Gasteiger partial charge in [-0.3, -0.25) is 9.59 Å². The smallest absolute Gasteiger partial charge is 0.307 e. The topological polar surface area (TPSA) is 60.9 Å². The zero-order chi connectivity index (χ0) is 13.9. The molecule has 0 aromatic carbocycles. The van der Waals surface area contributed by atoms with Gasteiger partial charge in [0.1, 0.15) is 0 Å². The van der Waals surface area contributed by atoms with E-state index in [0.717, 1.165) is 25.9 Å². The first-order valence-corrected chi connectivity index (χ1v) is 6.52. The number of aliphatic carboxylic acids is 1. The lowest BCUT2D eigenvalue weighted by atomic mass is 9.93. The second kappa shape index (κ2) is 6.18. The van der Waals surface area contributed by atoms with Gasteiger partial charge in [-0.05, 0) is 26.4 Å². The molecule has 18 heavy (non-hydrogen) atoms.